The molecule has 0 aliphatic rings. The van der Waals surface area contributed by atoms with E-state index in [0.717, 1.165) is 11.3 Å². The second-order valence-electron chi connectivity index (χ2n) is 4.93. The van der Waals surface area contributed by atoms with Gasteiger partial charge in [0.2, 0.25) is 0 Å². The Morgan fingerprint density at radius 2 is 1.70 bits per heavy atom. The zero-order valence-electron chi connectivity index (χ0n) is 14.3. The molecule has 0 aliphatic heterocycles. The van der Waals surface area contributed by atoms with Crippen LogP contribution < -0.4 is 0 Å². The van der Waals surface area contributed by atoms with Crippen molar-refractivity contribution in [2.75, 3.05) is 0 Å². The zero-order chi connectivity index (χ0) is 16.7. The van der Waals surface area contributed by atoms with Crippen LogP contribution in [0.4, 0.5) is 0 Å². The molecule has 3 rings (SSSR count). The number of benzene rings is 1. The Morgan fingerprint density at radius 1 is 0.957 bits per heavy atom. The van der Waals surface area contributed by atoms with Gasteiger partial charge in [0, 0.05) is 28.5 Å². The van der Waals surface area contributed by atoms with Crippen molar-refractivity contribution in [2.24, 2.45) is 0 Å². The van der Waals surface area contributed by atoms with E-state index in [9.17, 15) is 0 Å². The summed E-state index contributed by atoms with van der Waals surface area (Å²) in [4.78, 5) is 4.58. The summed E-state index contributed by atoms with van der Waals surface area (Å²) in [7, 11) is 0. The Balaban J connectivity index is 0.000000924. The molecule has 3 aromatic rings. The molecule has 2 heteroatoms. The van der Waals surface area contributed by atoms with Crippen LogP contribution in [-0.4, -0.2) is 9.55 Å². The van der Waals surface area contributed by atoms with Crippen molar-refractivity contribution in [2.45, 2.75) is 27.7 Å². The van der Waals surface area contributed by atoms with Crippen molar-refractivity contribution >= 4 is 17.1 Å². The number of fused-ring (bicyclic) bond motifs is 1. The van der Waals surface area contributed by atoms with Crippen molar-refractivity contribution in [3.63, 3.8) is 0 Å². The third-order valence-corrected chi connectivity index (χ3v) is 3.59. The van der Waals surface area contributed by atoms with Gasteiger partial charge in [-0.25, -0.2) is 4.98 Å². The van der Waals surface area contributed by atoms with Crippen molar-refractivity contribution in [3.8, 4) is 5.69 Å². The highest BCUT2D eigenvalue weighted by Gasteiger charge is 2.13. The summed E-state index contributed by atoms with van der Waals surface area (Å²) in [6.07, 6.45) is 10.1. The van der Waals surface area contributed by atoms with Gasteiger partial charge < -0.3 is 0 Å². The number of hydrogen-bond donors (Lipinski definition) is 0. The molecule has 2 heterocycles. The van der Waals surface area contributed by atoms with Crippen LogP contribution in [0.25, 0.3) is 22.8 Å². The van der Waals surface area contributed by atoms with Crippen molar-refractivity contribution in [3.05, 3.63) is 78.1 Å². The van der Waals surface area contributed by atoms with E-state index >= 15 is 0 Å². The normalized spacial score (nSPS) is 11.1. The first kappa shape index (κ1) is 16.8. The fraction of sp³-hybridized carbons (Fsp3) is 0.190. The minimum Gasteiger partial charge on any atom is -0.298 e. The Labute approximate surface area is 138 Å². The van der Waals surface area contributed by atoms with Gasteiger partial charge >= 0.3 is 0 Å². The van der Waals surface area contributed by atoms with Gasteiger partial charge in [-0.3, -0.25) is 4.57 Å². The van der Waals surface area contributed by atoms with E-state index in [0.29, 0.717) is 0 Å². The Morgan fingerprint density at radius 3 is 2.39 bits per heavy atom. The molecule has 1 aromatic carbocycles. The maximum atomic E-state index is 4.58. The lowest BCUT2D eigenvalue weighted by molar-refractivity contribution is 1.03. The highest BCUT2D eigenvalue weighted by Crippen LogP contribution is 2.28. The number of pyridine rings is 1. The summed E-state index contributed by atoms with van der Waals surface area (Å²) in [6, 6.07) is 14.5. The molecule has 0 saturated carbocycles. The van der Waals surface area contributed by atoms with Crippen LogP contribution >= 0.6 is 0 Å². The first-order valence-electron chi connectivity index (χ1n) is 8.13. The number of rotatable bonds is 3. The molecular weight excluding hydrogens is 280 g/mol. The van der Waals surface area contributed by atoms with E-state index in [1.807, 2.05) is 51.3 Å². The van der Waals surface area contributed by atoms with E-state index in [1.165, 1.54) is 16.6 Å². The first-order valence-corrected chi connectivity index (χ1v) is 8.13. The fourth-order valence-corrected chi connectivity index (χ4v) is 2.63. The van der Waals surface area contributed by atoms with E-state index in [4.69, 9.17) is 0 Å². The Bertz CT molecular complexity index is 808. The van der Waals surface area contributed by atoms with Crippen molar-refractivity contribution in [1.29, 1.82) is 0 Å². The molecule has 2 aromatic heterocycles. The van der Waals surface area contributed by atoms with Crippen LogP contribution in [0.1, 0.15) is 32.0 Å². The van der Waals surface area contributed by atoms with Crippen LogP contribution in [0.15, 0.2) is 66.9 Å². The van der Waals surface area contributed by atoms with Gasteiger partial charge in [0.05, 0.1) is 0 Å². The molecule has 0 radical (unpaired) electrons. The lowest BCUT2D eigenvalue weighted by Gasteiger charge is -2.07. The summed E-state index contributed by atoms with van der Waals surface area (Å²) >= 11 is 0. The van der Waals surface area contributed by atoms with E-state index in [2.05, 4.69) is 59.0 Å². The first-order chi connectivity index (χ1) is 11.3. The third-order valence-electron chi connectivity index (χ3n) is 3.59. The predicted molar refractivity (Wildman–Crippen MR) is 101 cm³/mol. The van der Waals surface area contributed by atoms with Gasteiger partial charge in [-0.2, -0.15) is 0 Å². The Kier molecular flexibility index (Phi) is 5.93. The fourth-order valence-electron chi connectivity index (χ4n) is 2.63. The second kappa shape index (κ2) is 8.14. The number of para-hydroxylation sites is 1. The molecule has 0 aliphatic carbocycles. The number of nitrogens with zero attached hydrogens (tertiary/aromatic N) is 2. The average Bonchev–Trinajstić information content (AvgIpc) is 2.90. The number of hydrogen-bond acceptors (Lipinski definition) is 1. The molecule has 2 nitrogen and oxygen atoms in total. The van der Waals surface area contributed by atoms with E-state index < -0.39 is 0 Å². The summed E-state index contributed by atoms with van der Waals surface area (Å²) in [5, 5.41) is 1.18. The largest absolute Gasteiger partial charge is 0.298 e. The molecule has 0 amide bonds. The van der Waals surface area contributed by atoms with Crippen LogP contribution in [0.5, 0.6) is 0 Å². The lowest BCUT2D eigenvalue weighted by Crippen LogP contribution is -1.97. The van der Waals surface area contributed by atoms with Crippen molar-refractivity contribution in [1.82, 2.24) is 9.55 Å². The SMILES string of the molecule is C/C=C/C=C\c1c(C)n(-c2ccccc2)c2ncccc12.CC. The predicted octanol–water partition coefficient (Wildman–Crippen LogP) is 5.95. The average molecular weight is 304 g/mol. The topological polar surface area (TPSA) is 17.8 Å². The molecule has 0 spiro atoms. The second-order valence-corrected chi connectivity index (χ2v) is 4.93. The van der Waals surface area contributed by atoms with Crippen LogP contribution in [0.2, 0.25) is 0 Å². The van der Waals surface area contributed by atoms with Gasteiger partial charge in [0.1, 0.15) is 5.65 Å². The quantitative estimate of drug-likeness (QED) is 0.547. The maximum absolute atomic E-state index is 4.58. The molecule has 0 atom stereocenters. The monoisotopic (exact) mass is 304 g/mol. The van der Waals surface area contributed by atoms with Gasteiger partial charge in [-0.05, 0) is 38.1 Å². The molecule has 0 bridgehead atoms. The maximum Gasteiger partial charge on any atom is 0.145 e. The Hall–Kier alpha value is -2.61. The van der Waals surface area contributed by atoms with Crippen molar-refractivity contribution < 1.29 is 0 Å². The highest BCUT2D eigenvalue weighted by molar-refractivity contribution is 5.90. The van der Waals surface area contributed by atoms with Gasteiger partial charge in [-0.15, -0.1) is 0 Å². The molecule has 0 saturated heterocycles. The molecule has 0 N–H and O–H groups in total. The molecule has 0 unspecified atom stereocenters. The van der Waals surface area contributed by atoms with E-state index in [-0.39, 0.29) is 0 Å². The third kappa shape index (κ3) is 3.42. The zero-order valence-corrected chi connectivity index (χ0v) is 14.3. The minimum absolute atomic E-state index is 1.00. The number of aromatic nitrogens is 2. The summed E-state index contributed by atoms with van der Waals surface area (Å²) in [5.74, 6) is 0. The van der Waals surface area contributed by atoms with Crippen LogP contribution in [0.3, 0.4) is 0 Å². The summed E-state index contributed by atoms with van der Waals surface area (Å²) in [5.41, 5.74) is 4.57. The highest BCUT2D eigenvalue weighted by atomic mass is 15.0. The van der Waals surface area contributed by atoms with Gasteiger partial charge in [0.15, 0.2) is 0 Å². The van der Waals surface area contributed by atoms with Crippen LogP contribution in [-0.2, 0) is 0 Å². The molecular formula is C21H24N2. The summed E-state index contributed by atoms with van der Waals surface area (Å²) < 4.78 is 2.21. The molecule has 0 fully saturated rings. The van der Waals surface area contributed by atoms with E-state index in [1.54, 1.807) is 0 Å². The summed E-state index contributed by atoms with van der Waals surface area (Å²) in [6.45, 7) is 8.16. The van der Waals surface area contributed by atoms with Gasteiger partial charge in [0.25, 0.3) is 0 Å². The van der Waals surface area contributed by atoms with Gasteiger partial charge in [-0.1, -0.05) is 56.4 Å². The van der Waals surface area contributed by atoms with Crippen LogP contribution in [0, 0.1) is 6.92 Å². The number of allylic oxidation sites excluding steroid dienone is 3. The molecule has 23 heavy (non-hydrogen) atoms. The molecule has 118 valence electrons. The lowest BCUT2D eigenvalue weighted by atomic mass is 10.1. The standard InChI is InChI=1S/C19H18N2.C2H6/c1-3-4-6-12-17-15(2)21(16-10-7-5-8-11-16)19-18(17)13-9-14-20-19;1-2/h3-14H,1-2H3;1-2H3/b4-3+,12-6-;. The minimum atomic E-state index is 1.00. The smallest absolute Gasteiger partial charge is 0.145 e.